The van der Waals surface area contributed by atoms with Crippen LogP contribution < -0.4 is 10.6 Å². The van der Waals surface area contributed by atoms with Crippen LogP contribution in [0.15, 0.2) is 30.3 Å². The van der Waals surface area contributed by atoms with E-state index in [1.54, 1.807) is 12.1 Å². The van der Waals surface area contributed by atoms with Crippen LogP contribution in [0.3, 0.4) is 0 Å². The van der Waals surface area contributed by atoms with Crippen LogP contribution in [-0.4, -0.2) is 64.2 Å². The molecule has 4 rings (SSSR count). The maximum Gasteiger partial charge on any atom is 0.246 e. The normalized spacial score (nSPS) is 35.3. The van der Waals surface area contributed by atoms with Crippen molar-refractivity contribution in [2.45, 2.75) is 63.8 Å². The smallest absolute Gasteiger partial charge is 0.246 e. The van der Waals surface area contributed by atoms with E-state index >= 15 is 0 Å². The molecule has 3 amide bonds. The van der Waals surface area contributed by atoms with Crippen LogP contribution in [0, 0.1) is 17.8 Å². The number of likely N-dealkylation sites (tertiary alicyclic amines) is 1. The molecular formula is C24H33N3O5. The van der Waals surface area contributed by atoms with Gasteiger partial charge in [-0.3, -0.25) is 14.4 Å². The Bertz CT molecular complexity index is 906. The Labute approximate surface area is 188 Å². The van der Waals surface area contributed by atoms with Crippen molar-refractivity contribution in [2.24, 2.45) is 17.8 Å². The lowest BCUT2D eigenvalue weighted by Gasteiger charge is -2.36. The molecule has 32 heavy (non-hydrogen) atoms. The molecule has 0 aromatic heterocycles. The minimum Gasteiger partial charge on any atom is -0.396 e. The van der Waals surface area contributed by atoms with Crippen molar-refractivity contribution in [3.05, 3.63) is 30.3 Å². The molecule has 1 spiro atoms. The number of nitrogens with zero attached hydrogens (tertiary/aromatic N) is 1. The first kappa shape index (κ1) is 22.7. The fourth-order valence-electron chi connectivity index (χ4n) is 6.03. The molecule has 0 aliphatic carbocycles. The molecular weight excluding hydrogens is 410 g/mol. The van der Waals surface area contributed by atoms with Gasteiger partial charge in [-0.05, 0) is 51.7 Å². The van der Waals surface area contributed by atoms with Gasteiger partial charge in [-0.2, -0.15) is 0 Å². The highest BCUT2D eigenvalue weighted by molar-refractivity contribution is 6.02. The van der Waals surface area contributed by atoms with Gasteiger partial charge in [-0.15, -0.1) is 0 Å². The van der Waals surface area contributed by atoms with Crippen LogP contribution in [0.25, 0.3) is 0 Å². The third-order valence-electron chi connectivity index (χ3n) is 7.37. The molecule has 3 N–H and O–H groups in total. The molecule has 0 radical (unpaired) electrons. The highest BCUT2D eigenvalue weighted by Gasteiger charge is 2.79. The van der Waals surface area contributed by atoms with E-state index < -0.39 is 29.1 Å². The molecule has 8 nitrogen and oxygen atoms in total. The van der Waals surface area contributed by atoms with Gasteiger partial charge < -0.3 is 25.4 Å². The summed E-state index contributed by atoms with van der Waals surface area (Å²) in [5.74, 6) is -2.25. The number of ether oxygens (including phenoxy) is 1. The van der Waals surface area contributed by atoms with Crippen LogP contribution in [0.5, 0.6) is 0 Å². The molecule has 3 fully saturated rings. The van der Waals surface area contributed by atoms with E-state index in [9.17, 15) is 19.5 Å². The van der Waals surface area contributed by atoms with E-state index in [0.717, 1.165) is 0 Å². The van der Waals surface area contributed by atoms with Crippen LogP contribution >= 0.6 is 0 Å². The lowest BCUT2D eigenvalue weighted by molar-refractivity contribution is -0.146. The summed E-state index contributed by atoms with van der Waals surface area (Å²) >= 11 is 0. The SMILES string of the molecule is CC(C)NC(=O)C1N(CCCO)C(=O)[C@@H]2[C@H](C(=O)Nc3ccccc3)[C@@]3(C)OC12CC3C. The van der Waals surface area contributed by atoms with Gasteiger partial charge in [0.2, 0.25) is 17.7 Å². The van der Waals surface area contributed by atoms with Crippen molar-refractivity contribution in [3.63, 3.8) is 0 Å². The number of amides is 3. The standard InChI is InChI=1S/C24H33N3O5/c1-14(2)25-21(30)19-24-13-15(3)23(4,32-24)17(18(24)22(31)27(19)11-8-12-28)20(29)26-16-9-6-5-7-10-16/h5-7,9-10,14-15,17-19,28H,8,11-13H2,1-4H3,(H,25,30)(H,26,29)/t15?,17-,18+,19?,23+,24?/m1/s1. The lowest BCUT2D eigenvalue weighted by Crippen LogP contribution is -2.56. The summed E-state index contributed by atoms with van der Waals surface area (Å²) in [6.45, 7) is 7.80. The van der Waals surface area contributed by atoms with Crippen molar-refractivity contribution in [2.75, 3.05) is 18.5 Å². The fraction of sp³-hybridized carbons (Fsp3) is 0.625. The number of para-hydroxylation sites is 1. The topological polar surface area (TPSA) is 108 Å². The Morgan fingerprint density at radius 1 is 1.25 bits per heavy atom. The van der Waals surface area contributed by atoms with Gasteiger partial charge in [0.1, 0.15) is 11.6 Å². The van der Waals surface area contributed by atoms with Gasteiger partial charge in [-0.1, -0.05) is 25.1 Å². The second-order valence-electron chi connectivity index (χ2n) is 9.83. The molecule has 3 saturated heterocycles. The fourth-order valence-corrected chi connectivity index (χ4v) is 6.03. The van der Waals surface area contributed by atoms with Crippen LogP contribution in [0.1, 0.15) is 40.5 Å². The first-order valence-corrected chi connectivity index (χ1v) is 11.4. The monoisotopic (exact) mass is 443 g/mol. The van der Waals surface area contributed by atoms with Gasteiger partial charge in [0.15, 0.2) is 0 Å². The zero-order valence-electron chi connectivity index (χ0n) is 19.1. The predicted molar refractivity (Wildman–Crippen MR) is 119 cm³/mol. The third kappa shape index (κ3) is 3.31. The van der Waals surface area contributed by atoms with Gasteiger partial charge in [0.05, 0.1) is 17.4 Å². The quantitative estimate of drug-likeness (QED) is 0.593. The van der Waals surface area contributed by atoms with Crippen molar-refractivity contribution in [1.82, 2.24) is 10.2 Å². The number of carbonyl (C=O) groups excluding carboxylic acids is 3. The summed E-state index contributed by atoms with van der Waals surface area (Å²) in [5, 5.41) is 15.3. The second kappa shape index (κ2) is 8.15. The molecule has 3 unspecified atom stereocenters. The van der Waals surface area contributed by atoms with Gasteiger partial charge in [0.25, 0.3) is 0 Å². The third-order valence-corrected chi connectivity index (χ3v) is 7.37. The number of anilines is 1. The maximum absolute atomic E-state index is 13.7. The summed E-state index contributed by atoms with van der Waals surface area (Å²) in [6.07, 6.45) is 0.883. The van der Waals surface area contributed by atoms with E-state index in [0.29, 0.717) is 18.5 Å². The average Bonchev–Trinajstić information content (AvgIpc) is 3.23. The number of aliphatic hydroxyl groups is 1. The number of aliphatic hydroxyl groups excluding tert-OH is 1. The molecule has 3 heterocycles. The molecule has 3 aliphatic rings. The molecule has 1 aromatic rings. The molecule has 2 bridgehead atoms. The first-order chi connectivity index (χ1) is 15.2. The van der Waals surface area contributed by atoms with E-state index in [1.807, 2.05) is 45.9 Å². The van der Waals surface area contributed by atoms with Crippen LogP contribution in [-0.2, 0) is 19.1 Å². The van der Waals surface area contributed by atoms with Crippen molar-refractivity contribution in [3.8, 4) is 0 Å². The van der Waals surface area contributed by atoms with Crippen molar-refractivity contribution >= 4 is 23.4 Å². The number of nitrogens with one attached hydrogen (secondary N) is 2. The zero-order valence-corrected chi connectivity index (χ0v) is 19.1. The van der Waals surface area contributed by atoms with Gasteiger partial charge in [0, 0.05) is 24.9 Å². The van der Waals surface area contributed by atoms with Gasteiger partial charge in [-0.25, -0.2) is 0 Å². The summed E-state index contributed by atoms with van der Waals surface area (Å²) in [5.41, 5.74) is -1.25. The zero-order chi connectivity index (χ0) is 23.3. The molecule has 6 atom stereocenters. The summed E-state index contributed by atoms with van der Waals surface area (Å²) in [7, 11) is 0. The Morgan fingerprint density at radius 3 is 2.56 bits per heavy atom. The highest BCUT2D eigenvalue weighted by atomic mass is 16.5. The Kier molecular flexibility index (Phi) is 5.79. The van der Waals surface area contributed by atoms with Crippen LogP contribution in [0.4, 0.5) is 5.69 Å². The number of carbonyl (C=O) groups is 3. The second-order valence-corrected chi connectivity index (χ2v) is 9.83. The maximum atomic E-state index is 13.7. The number of hydrogen-bond donors (Lipinski definition) is 3. The van der Waals surface area contributed by atoms with Crippen molar-refractivity contribution < 1.29 is 24.2 Å². The van der Waals surface area contributed by atoms with Gasteiger partial charge >= 0.3 is 0 Å². The summed E-state index contributed by atoms with van der Waals surface area (Å²) in [6, 6.07) is 8.22. The Morgan fingerprint density at radius 2 is 1.94 bits per heavy atom. The van der Waals surface area contributed by atoms with E-state index in [2.05, 4.69) is 10.6 Å². The highest BCUT2D eigenvalue weighted by Crippen LogP contribution is 2.65. The summed E-state index contributed by atoms with van der Waals surface area (Å²) < 4.78 is 6.60. The number of fused-ring (bicyclic) bond motifs is 1. The number of rotatable bonds is 7. The minimum absolute atomic E-state index is 0.00906. The number of benzene rings is 1. The van der Waals surface area contributed by atoms with E-state index in [1.165, 1.54) is 4.90 Å². The first-order valence-electron chi connectivity index (χ1n) is 11.4. The van der Waals surface area contributed by atoms with E-state index in [4.69, 9.17) is 4.74 Å². The van der Waals surface area contributed by atoms with Crippen molar-refractivity contribution in [1.29, 1.82) is 0 Å². The average molecular weight is 444 g/mol. The lowest BCUT2D eigenvalue weighted by atomic mass is 9.62. The molecule has 0 saturated carbocycles. The summed E-state index contributed by atoms with van der Waals surface area (Å²) in [4.78, 5) is 42.1. The predicted octanol–water partition coefficient (Wildman–Crippen LogP) is 1.54. The van der Waals surface area contributed by atoms with E-state index in [-0.39, 0.29) is 42.8 Å². The molecule has 174 valence electrons. The molecule has 1 aromatic carbocycles. The minimum atomic E-state index is -1.06. The number of hydrogen-bond acceptors (Lipinski definition) is 5. The van der Waals surface area contributed by atoms with Crippen LogP contribution in [0.2, 0.25) is 0 Å². The largest absolute Gasteiger partial charge is 0.396 e. The Balaban J connectivity index is 1.74. The molecule has 8 heteroatoms. The Hall–Kier alpha value is -2.45. The molecule has 3 aliphatic heterocycles.